The number of fused-ring (bicyclic) bond motifs is 1. The van der Waals surface area contributed by atoms with Gasteiger partial charge < -0.3 is 5.32 Å². The maximum absolute atomic E-state index is 13.0. The van der Waals surface area contributed by atoms with Crippen LogP contribution in [0.3, 0.4) is 0 Å². The standard InChI is InChI=1S/C20H15N3O7S/c1-31(29,30)11-5-2-4-10(8-11)17(25)21-13-7-3-6-12-16(13)20(28)23(19(12)27)14-9-15(24)22-18(14)26/h2-8,14H,9H2,1H3,(H,21,25)(H,22,24,26). The van der Waals surface area contributed by atoms with E-state index in [0.29, 0.717) is 4.90 Å². The van der Waals surface area contributed by atoms with Gasteiger partial charge in [0.2, 0.25) is 11.8 Å². The van der Waals surface area contributed by atoms with Crippen molar-refractivity contribution in [3.63, 3.8) is 0 Å². The minimum atomic E-state index is -3.53. The molecule has 1 saturated heterocycles. The fourth-order valence-corrected chi connectivity index (χ4v) is 4.17. The highest BCUT2D eigenvalue weighted by atomic mass is 32.2. The monoisotopic (exact) mass is 441 g/mol. The van der Waals surface area contributed by atoms with Crippen LogP contribution in [0.25, 0.3) is 0 Å². The van der Waals surface area contributed by atoms with Crippen molar-refractivity contribution in [2.45, 2.75) is 17.4 Å². The van der Waals surface area contributed by atoms with Crippen molar-refractivity contribution in [1.29, 1.82) is 0 Å². The third-order valence-electron chi connectivity index (χ3n) is 4.97. The zero-order valence-electron chi connectivity index (χ0n) is 16.0. The van der Waals surface area contributed by atoms with E-state index in [1.54, 1.807) is 0 Å². The van der Waals surface area contributed by atoms with Gasteiger partial charge in [-0.05, 0) is 30.3 Å². The van der Waals surface area contributed by atoms with Crippen molar-refractivity contribution in [3.8, 4) is 0 Å². The third kappa shape index (κ3) is 3.48. The maximum atomic E-state index is 13.0. The lowest BCUT2D eigenvalue weighted by atomic mass is 10.1. The summed E-state index contributed by atoms with van der Waals surface area (Å²) in [5, 5.41) is 4.57. The van der Waals surface area contributed by atoms with Gasteiger partial charge in [-0.25, -0.2) is 8.42 Å². The van der Waals surface area contributed by atoms with E-state index in [9.17, 15) is 32.4 Å². The fourth-order valence-electron chi connectivity index (χ4n) is 3.50. The average Bonchev–Trinajstić information content (AvgIpc) is 3.17. The smallest absolute Gasteiger partial charge is 0.264 e. The lowest BCUT2D eigenvalue weighted by molar-refractivity contribution is -0.125. The van der Waals surface area contributed by atoms with E-state index in [-0.39, 0.29) is 33.7 Å². The molecule has 0 radical (unpaired) electrons. The molecule has 2 aliphatic heterocycles. The van der Waals surface area contributed by atoms with E-state index in [1.165, 1.54) is 42.5 Å². The summed E-state index contributed by atoms with van der Waals surface area (Å²) in [5.41, 5.74) is -0.0557. The van der Waals surface area contributed by atoms with E-state index >= 15 is 0 Å². The third-order valence-corrected chi connectivity index (χ3v) is 6.08. The molecule has 11 heteroatoms. The Morgan fingerprint density at radius 2 is 1.77 bits per heavy atom. The molecule has 158 valence electrons. The minimum Gasteiger partial charge on any atom is -0.321 e. The van der Waals surface area contributed by atoms with Gasteiger partial charge in [0.05, 0.1) is 28.1 Å². The van der Waals surface area contributed by atoms with Crippen LogP contribution in [-0.4, -0.2) is 55.2 Å². The second-order valence-electron chi connectivity index (χ2n) is 7.09. The summed E-state index contributed by atoms with van der Waals surface area (Å²) >= 11 is 0. The molecule has 2 aliphatic rings. The zero-order valence-corrected chi connectivity index (χ0v) is 16.9. The molecule has 0 aliphatic carbocycles. The Balaban J connectivity index is 1.66. The van der Waals surface area contributed by atoms with Gasteiger partial charge in [0.15, 0.2) is 9.84 Å². The van der Waals surface area contributed by atoms with Gasteiger partial charge >= 0.3 is 0 Å². The van der Waals surface area contributed by atoms with Gasteiger partial charge in [0, 0.05) is 11.8 Å². The number of nitrogens with one attached hydrogen (secondary N) is 2. The second-order valence-corrected chi connectivity index (χ2v) is 9.11. The first-order chi connectivity index (χ1) is 14.6. The molecule has 0 spiro atoms. The molecule has 1 atom stereocenters. The van der Waals surface area contributed by atoms with Crippen LogP contribution in [0.4, 0.5) is 5.69 Å². The molecule has 0 saturated carbocycles. The molecule has 5 amide bonds. The topological polar surface area (TPSA) is 147 Å². The van der Waals surface area contributed by atoms with Gasteiger partial charge in [0.1, 0.15) is 6.04 Å². The van der Waals surface area contributed by atoms with Crippen LogP contribution in [0, 0.1) is 0 Å². The molecule has 4 rings (SSSR count). The SMILES string of the molecule is CS(=O)(=O)c1cccc(C(=O)Nc2cccc3c2C(=O)N(C2CC(=O)NC2=O)C3=O)c1. The summed E-state index contributed by atoms with van der Waals surface area (Å²) in [6.07, 6.45) is 0.682. The van der Waals surface area contributed by atoms with Crippen molar-refractivity contribution in [1.82, 2.24) is 10.2 Å². The molecule has 10 nitrogen and oxygen atoms in total. The number of benzene rings is 2. The molecule has 0 aromatic heterocycles. The number of hydrogen-bond acceptors (Lipinski definition) is 7. The predicted molar refractivity (Wildman–Crippen MR) is 106 cm³/mol. The second kappa shape index (κ2) is 7.13. The van der Waals surface area contributed by atoms with Crippen molar-refractivity contribution in [2.24, 2.45) is 0 Å². The Kier molecular flexibility index (Phi) is 4.69. The van der Waals surface area contributed by atoms with Crippen LogP contribution in [0.15, 0.2) is 47.4 Å². The number of hydrogen-bond donors (Lipinski definition) is 2. The van der Waals surface area contributed by atoms with Crippen LogP contribution >= 0.6 is 0 Å². The Bertz CT molecular complexity index is 1300. The number of imide groups is 2. The van der Waals surface area contributed by atoms with E-state index in [1.807, 2.05) is 0 Å². The van der Waals surface area contributed by atoms with Crippen molar-refractivity contribution >= 4 is 45.1 Å². The molecule has 2 N–H and O–H groups in total. The number of carbonyl (C=O) groups excluding carboxylic acids is 5. The maximum Gasteiger partial charge on any atom is 0.264 e. The highest BCUT2D eigenvalue weighted by Gasteiger charge is 2.47. The summed E-state index contributed by atoms with van der Waals surface area (Å²) in [5.74, 6) is -3.58. The number of sulfone groups is 1. The summed E-state index contributed by atoms with van der Waals surface area (Å²) in [6.45, 7) is 0. The van der Waals surface area contributed by atoms with Crippen LogP contribution < -0.4 is 10.6 Å². The number of amides is 5. The Morgan fingerprint density at radius 3 is 2.42 bits per heavy atom. The van der Waals surface area contributed by atoms with Gasteiger partial charge in [-0.2, -0.15) is 0 Å². The normalized spacial score (nSPS) is 18.2. The largest absolute Gasteiger partial charge is 0.321 e. The highest BCUT2D eigenvalue weighted by molar-refractivity contribution is 7.90. The Labute approximate surface area is 176 Å². The Morgan fingerprint density at radius 1 is 1.06 bits per heavy atom. The molecule has 2 aromatic carbocycles. The minimum absolute atomic E-state index is 0.0140. The fraction of sp³-hybridized carbons (Fsp3) is 0.150. The lowest BCUT2D eigenvalue weighted by Gasteiger charge is -2.18. The average molecular weight is 441 g/mol. The van der Waals surface area contributed by atoms with Crippen molar-refractivity contribution < 1.29 is 32.4 Å². The molecule has 1 unspecified atom stereocenters. The molecule has 1 fully saturated rings. The summed E-state index contributed by atoms with van der Waals surface area (Å²) in [6, 6.07) is 8.34. The molecular weight excluding hydrogens is 426 g/mol. The van der Waals surface area contributed by atoms with Crippen molar-refractivity contribution in [2.75, 3.05) is 11.6 Å². The van der Waals surface area contributed by atoms with E-state index in [0.717, 1.165) is 6.26 Å². The van der Waals surface area contributed by atoms with Gasteiger partial charge in [0.25, 0.3) is 17.7 Å². The van der Waals surface area contributed by atoms with E-state index < -0.39 is 45.4 Å². The lowest BCUT2D eigenvalue weighted by Crippen LogP contribution is -2.44. The van der Waals surface area contributed by atoms with Crippen LogP contribution in [0.1, 0.15) is 37.5 Å². The molecule has 2 aromatic rings. The number of nitrogens with zero attached hydrogens (tertiary/aromatic N) is 1. The summed E-state index contributed by atoms with van der Waals surface area (Å²) in [7, 11) is -3.53. The van der Waals surface area contributed by atoms with Gasteiger partial charge in [-0.15, -0.1) is 0 Å². The van der Waals surface area contributed by atoms with Gasteiger partial charge in [-0.1, -0.05) is 12.1 Å². The Hall–Kier alpha value is -3.86. The first-order valence-corrected chi connectivity index (χ1v) is 10.9. The quantitative estimate of drug-likeness (QED) is 0.651. The first kappa shape index (κ1) is 20.4. The summed E-state index contributed by atoms with van der Waals surface area (Å²) in [4.78, 5) is 62.5. The van der Waals surface area contributed by atoms with Gasteiger partial charge in [-0.3, -0.25) is 34.2 Å². The highest BCUT2D eigenvalue weighted by Crippen LogP contribution is 2.32. The van der Waals surface area contributed by atoms with Crippen LogP contribution in [0.2, 0.25) is 0 Å². The van der Waals surface area contributed by atoms with Crippen LogP contribution in [0.5, 0.6) is 0 Å². The predicted octanol–water partition coefficient (Wildman–Crippen LogP) is 0.353. The van der Waals surface area contributed by atoms with Crippen LogP contribution in [-0.2, 0) is 19.4 Å². The van der Waals surface area contributed by atoms with E-state index in [4.69, 9.17) is 0 Å². The molecular formula is C20H15N3O7S. The summed E-state index contributed by atoms with van der Waals surface area (Å²) < 4.78 is 23.5. The molecule has 0 bridgehead atoms. The number of carbonyl (C=O) groups is 5. The number of anilines is 1. The van der Waals surface area contributed by atoms with Crippen molar-refractivity contribution in [3.05, 3.63) is 59.2 Å². The molecule has 2 heterocycles. The molecule has 31 heavy (non-hydrogen) atoms. The number of rotatable bonds is 4. The first-order valence-electron chi connectivity index (χ1n) is 9.04. The zero-order chi connectivity index (χ0) is 22.5. The van der Waals surface area contributed by atoms with E-state index in [2.05, 4.69) is 10.6 Å².